The number of imidazole rings is 1. The number of fused-ring (bicyclic) bond motifs is 3. The van der Waals surface area contributed by atoms with Crippen LogP contribution in [-0.4, -0.2) is 58.7 Å². The first kappa shape index (κ1) is 25.0. The number of nitrogens with two attached hydrogens (primary N) is 1. The van der Waals surface area contributed by atoms with Crippen molar-refractivity contribution in [1.29, 1.82) is 0 Å². The largest absolute Gasteiger partial charge is 0.351 e. The number of nitrogens with zero attached hydrogens (tertiary/aromatic N) is 3. The van der Waals surface area contributed by atoms with E-state index in [4.69, 9.17) is 10.7 Å². The number of aromatic nitrogens is 2. The lowest BCUT2D eigenvalue weighted by Crippen LogP contribution is -2.28. The fraction of sp³-hybridized carbons (Fsp3) is 0.370. The van der Waals surface area contributed by atoms with Crippen LogP contribution in [0.5, 0.6) is 0 Å². The molecule has 3 N–H and O–H groups in total. The number of hydrogen-bond donors (Lipinski definition) is 2. The Kier molecular flexibility index (Phi) is 8.28. The Hall–Kier alpha value is -3.07. The van der Waals surface area contributed by atoms with Gasteiger partial charge in [-0.05, 0) is 62.8 Å². The van der Waals surface area contributed by atoms with Gasteiger partial charge in [0.2, 0.25) is 0 Å². The molecule has 0 aliphatic carbocycles. The molecule has 0 unspecified atom stereocenters. The molecule has 8 heteroatoms. The summed E-state index contributed by atoms with van der Waals surface area (Å²) in [4.78, 5) is 32.9. The third-order valence-electron chi connectivity index (χ3n) is 6.31. The maximum atomic E-state index is 12.7. The molecule has 2 heterocycles. The molecule has 4 rings (SSSR count). The first-order valence-corrected chi connectivity index (χ1v) is 13.1. The van der Waals surface area contributed by atoms with Crippen LogP contribution in [0.4, 0.5) is 0 Å². The Labute approximate surface area is 210 Å². The molecule has 35 heavy (non-hydrogen) atoms. The highest BCUT2D eigenvalue weighted by Crippen LogP contribution is 2.30. The summed E-state index contributed by atoms with van der Waals surface area (Å²) < 4.78 is 3.12. The zero-order valence-corrected chi connectivity index (χ0v) is 21.2. The second kappa shape index (κ2) is 11.6. The second-order valence-corrected chi connectivity index (χ2v) is 9.60. The molecule has 7 nitrogen and oxygen atoms in total. The van der Waals surface area contributed by atoms with E-state index in [1.54, 1.807) is 23.5 Å². The molecule has 0 spiro atoms. The number of ketones is 1. The standard InChI is InChI=1S/C27H33N5O2S/c1-3-31(4-2)16-6-5-7-24(33)21-12-13-23-25(17-21)35-27-30-22(18-32(23)27)19-8-10-20(11-9-19)26(34)29-15-14-28/h8-13,17-18H,3-7,14-16,28H2,1-2H3,(H,29,34). The number of benzene rings is 2. The predicted octanol–water partition coefficient (Wildman–Crippen LogP) is 4.60. The highest BCUT2D eigenvalue weighted by Gasteiger charge is 2.14. The Balaban J connectivity index is 1.44. The van der Waals surface area contributed by atoms with E-state index >= 15 is 0 Å². The van der Waals surface area contributed by atoms with E-state index in [0.717, 1.165) is 64.5 Å². The van der Waals surface area contributed by atoms with Crippen LogP contribution in [0.3, 0.4) is 0 Å². The first-order valence-electron chi connectivity index (χ1n) is 12.3. The molecule has 0 atom stereocenters. The normalized spacial score (nSPS) is 11.5. The van der Waals surface area contributed by atoms with Gasteiger partial charge in [0, 0.05) is 42.4 Å². The zero-order chi connectivity index (χ0) is 24.8. The van der Waals surface area contributed by atoms with Crippen molar-refractivity contribution < 1.29 is 9.59 Å². The van der Waals surface area contributed by atoms with E-state index in [-0.39, 0.29) is 11.7 Å². The molecule has 0 fully saturated rings. The van der Waals surface area contributed by atoms with E-state index in [1.807, 2.05) is 36.5 Å². The van der Waals surface area contributed by atoms with Gasteiger partial charge in [-0.15, -0.1) is 0 Å². The molecule has 2 aromatic carbocycles. The molecule has 0 saturated carbocycles. The number of unbranched alkanes of at least 4 members (excludes halogenated alkanes) is 1. The molecular formula is C27H33N5O2S. The number of carbonyl (C=O) groups is 2. The van der Waals surface area contributed by atoms with Crippen LogP contribution in [0.2, 0.25) is 0 Å². The van der Waals surface area contributed by atoms with E-state index in [2.05, 4.69) is 28.5 Å². The number of Topliss-reactive ketones (excluding diaryl/α,β-unsaturated/α-hetero) is 1. The first-order chi connectivity index (χ1) is 17.0. The quantitative estimate of drug-likeness (QED) is 0.223. The molecule has 1 amide bonds. The van der Waals surface area contributed by atoms with Crippen LogP contribution < -0.4 is 11.1 Å². The van der Waals surface area contributed by atoms with E-state index < -0.39 is 0 Å². The molecule has 2 aromatic heterocycles. The van der Waals surface area contributed by atoms with Crippen LogP contribution in [0.15, 0.2) is 48.7 Å². The Morgan fingerprint density at radius 2 is 1.80 bits per heavy atom. The molecule has 0 saturated heterocycles. The van der Waals surface area contributed by atoms with Crippen LogP contribution in [-0.2, 0) is 0 Å². The Morgan fingerprint density at radius 1 is 1.06 bits per heavy atom. The molecule has 4 aromatic rings. The maximum absolute atomic E-state index is 12.7. The highest BCUT2D eigenvalue weighted by atomic mass is 32.1. The minimum absolute atomic E-state index is 0.131. The van der Waals surface area contributed by atoms with Crippen LogP contribution >= 0.6 is 11.3 Å². The monoisotopic (exact) mass is 491 g/mol. The lowest BCUT2D eigenvalue weighted by Gasteiger charge is -2.17. The third kappa shape index (κ3) is 5.78. The van der Waals surface area contributed by atoms with Crippen molar-refractivity contribution in [3.05, 3.63) is 59.8 Å². The van der Waals surface area contributed by atoms with Gasteiger partial charge in [0.05, 0.1) is 15.9 Å². The van der Waals surface area contributed by atoms with Gasteiger partial charge in [-0.1, -0.05) is 37.3 Å². The SMILES string of the molecule is CCN(CC)CCCCC(=O)c1ccc2c(c1)sc1nc(-c3ccc(C(=O)NCCN)cc3)cn12. The Morgan fingerprint density at radius 3 is 2.51 bits per heavy atom. The highest BCUT2D eigenvalue weighted by molar-refractivity contribution is 7.23. The van der Waals surface area contributed by atoms with E-state index in [0.29, 0.717) is 25.1 Å². The Bertz CT molecular complexity index is 1300. The summed E-state index contributed by atoms with van der Waals surface area (Å²) in [5.41, 5.74) is 9.65. The molecule has 0 radical (unpaired) electrons. The lowest BCUT2D eigenvalue weighted by atomic mass is 10.1. The summed E-state index contributed by atoms with van der Waals surface area (Å²) in [6, 6.07) is 13.3. The summed E-state index contributed by atoms with van der Waals surface area (Å²) >= 11 is 1.58. The van der Waals surface area contributed by atoms with Crippen molar-refractivity contribution in [2.45, 2.75) is 33.1 Å². The van der Waals surface area contributed by atoms with Crippen LogP contribution in [0.25, 0.3) is 26.4 Å². The van der Waals surface area contributed by atoms with Crippen LogP contribution in [0, 0.1) is 0 Å². The van der Waals surface area contributed by atoms with E-state index in [9.17, 15) is 9.59 Å². The van der Waals surface area contributed by atoms with Crippen molar-refractivity contribution >= 4 is 38.2 Å². The van der Waals surface area contributed by atoms with Crippen molar-refractivity contribution in [3.8, 4) is 11.3 Å². The van der Waals surface area contributed by atoms with Gasteiger partial charge in [0.25, 0.3) is 5.91 Å². The number of nitrogens with one attached hydrogen (secondary N) is 1. The summed E-state index contributed by atoms with van der Waals surface area (Å²) in [5.74, 6) is 0.0711. The van der Waals surface area contributed by atoms with Crippen molar-refractivity contribution in [2.75, 3.05) is 32.7 Å². The van der Waals surface area contributed by atoms with Crippen molar-refractivity contribution in [1.82, 2.24) is 19.6 Å². The van der Waals surface area contributed by atoms with Gasteiger partial charge >= 0.3 is 0 Å². The van der Waals surface area contributed by atoms with Crippen molar-refractivity contribution in [3.63, 3.8) is 0 Å². The number of hydrogen-bond acceptors (Lipinski definition) is 6. The smallest absolute Gasteiger partial charge is 0.251 e. The zero-order valence-electron chi connectivity index (χ0n) is 20.4. The summed E-state index contributed by atoms with van der Waals surface area (Å²) in [6.45, 7) is 8.37. The van der Waals surface area contributed by atoms with Gasteiger partial charge in [0.1, 0.15) is 0 Å². The molecule has 0 aliphatic rings. The molecular weight excluding hydrogens is 458 g/mol. The number of carbonyl (C=O) groups excluding carboxylic acids is 2. The number of rotatable bonds is 12. The maximum Gasteiger partial charge on any atom is 0.251 e. The molecule has 0 aliphatic heterocycles. The van der Waals surface area contributed by atoms with Gasteiger partial charge < -0.3 is 16.0 Å². The minimum Gasteiger partial charge on any atom is -0.351 e. The third-order valence-corrected chi connectivity index (χ3v) is 7.33. The van der Waals surface area contributed by atoms with Crippen molar-refractivity contribution in [2.24, 2.45) is 5.73 Å². The number of amides is 1. The second-order valence-electron chi connectivity index (χ2n) is 8.59. The van der Waals surface area contributed by atoms with Crippen LogP contribution in [0.1, 0.15) is 53.8 Å². The fourth-order valence-corrected chi connectivity index (χ4v) is 5.25. The van der Waals surface area contributed by atoms with E-state index in [1.165, 1.54) is 0 Å². The average molecular weight is 492 g/mol. The van der Waals surface area contributed by atoms with Gasteiger partial charge in [-0.25, -0.2) is 4.98 Å². The topological polar surface area (TPSA) is 92.7 Å². The average Bonchev–Trinajstić information content (AvgIpc) is 3.45. The molecule has 184 valence electrons. The minimum atomic E-state index is -0.131. The van der Waals surface area contributed by atoms with Gasteiger partial charge in [-0.2, -0.15) is 0 Å². The van der Waals surface area contributed by atoms with Gasteiger partial charge in [0.15, 0.2) is 10.7 Å². The lowest BCUT2D eigenvalue weighted by molar-refractivity contribution is 0.0952. The summed E-state index contributed by atoms with van der Waals surface area (Å²) in [5, 5.41) is 2.77. The summed E-state index contributed by atoms with van der Waals surface area (Å²) in [7, 11) is 0. The molecule has 0 bridgehead atoms. The number of thiazole rings is 1. The van der Waals surface area contributed by atoms with Gasteiger partial charge in [-0.3, -0.25) is 14.0 Å². The fourth-order valence-electron chi connectivity index (χ4n) is 4.20. The predicted molar refractivity (Wildman–Crippen MR) is 143 cm³/mol. The summed E-state index contributed by atoms with van der Waals surface area (Å²) in [6.07, 6.45) is 4.55.